The van der Waals surface area contributed by atoms with Crippen molar-refractivity contribution in [1.82, 2.24) is 14.6 Å². The van der Waals surface area contributed by atoms with Crippen molar-refractivity contribution >= 4 is 21.7 Å². The molecule has 0 spiro atoms. The van der Waals surface area contributed by atoms with Gasteiger partial charge in [0.05, 0.1) is 21.6 Å². The van der Waals surface area contributed by atoms with E-state index in [1.807, 2.05) is 13.8 Å². The Hall–Kier alpha value is -0.900. The summed E-state index contributed by atoms with van der Waals surface area (Å²) in [6.45, 7) is 3.97. The van der Waals surface area contributed by atoms with Crippen LogP contribution in [-0.4, -0.2) is 14.6 Å². The smallest absolute Gasteiger partial charge is 0.0991 e. The van der Waals surface area contributed by atoms with E-state index < -0.39 is 0 Å². The fourth-order valence-corrected chi connectivity index (χ4v) is 1.72. The molecule has 0 aliphatic heterocycles. The van der Waals surface area contributed by atoms with Gasteiger partial charge in [0.1, 0.15) is 0 Å². The normalized spacial score (nSPS) is 11.0. The highest BCUT2D eigenvalue weighted by Gasteiger charge is 2.05. The highest BCUT2D eigenvalue weighted by Crippen LogP contribution is 2.21. The highest BCUT2D eigenvalue weighted by atomic mass is 32.1. The third-order valence-electron chi connectivity index (χ3n) is 1.53. The number of fused-ring (bicyclic) bond motifs is 1. The molecular formula is C6H7N3S. The fraction of sp³-hybridized carbons (Fsp3) is 0.333. The van der Waals surface area contributed by atoms with Crippen LogP contribution in [0.3, 0.4) is 0 Å². The lowest BCUT2D eigenvalue weighted by Gasteiger charge is -1.74. The van der Waals surface area contributed by atoms with Crippen LogP contribution in [0.4, 0.5) is 0 Å². The average molecular weight is 153 g/mol. The molecule has 0 fully saturated rings. The van der Waals surface area contributed by atoms with Gasteiger partial charge in [-0.3, -0.25) is 5.10 Å². The molecule has 0 aliphatic rings. The zero-order valence-electron chi connectivity index (χ0n) is 5.80. The van der Waals surface area contributed by atoms with Gasteiger partial charge in [-0.15, -0.1) is 0 Å². The Balaban J connectivity index is 2.95. The number of hydrogen-bond donors (Lipinski definition) is 1. The van der Waals surface area contributed by atoms with E-state index >= 15 is 0 Å². The van der Waals surface area contributed by atoms with Crippen LogP contribution in [0.5, 0.6) is 0 Å². The Kier molecular flexibility index (Phi) is 1.05. The third-order valence-corrected chi connectivity index (χ3v) is 2.57. The highest BCUT2D eigenvalue weighted by molar-refractivity contribution is 7.13. The molecule has 0 saturated carbocycles. The largest absolute Gasteiger partial charge is 0.275 e. The lowest BCUT2D eigenvalue weighted by Crippen LogP contribution is -1.72. The molecule has 0 atom stereocenters. The Morgan fingerprint density at radius 1 is 1.30 bits per heavy atom. The van der Waals surface area contributed by atoms with Crippen LogP contribution in [0, 0.1) is 13.8 Å². The van der Waals surface area contributed by atoms with Crippen molar-refractivity contribution in [3.63, 3.8) is 0 Å². The number of aromatic nitrogens is 3. The molecule has 0 aliphatic carbocycles. The summed E-state index contributed by atoms with van der Waals surface area (Å²) in [5.41, 5.74) is 3.17. The van der Waals surface area contributed by atoms with E-state index in [0.717, 1.165) is 16.9 Å². The Labute approximate surface area is 62.2 Å². The first-order valence-corrected chi connectivity index (χ1v) is 3.83. The molecule has 0 aromatic carbocycles. The van der Waals surface area contributed by atoms with Crippen molar-refractivity contribution in [2.45, 2.75) is 13.8 Å². The molecule has 2 heterocycles. The van der Waals surface area contributed by atoms with Crippen LogP contribution in [0.25, 0.3) is 10.2 Å². The van der Waals surface area contributed by atoms with Crippen molar-refractivity contribution in [2.75, 3.05) is 0 Å². The van der Waals surface area contributed by atoms with E-state index in [0.29, 0.717) is 0 Å². The van der Waals surface area contributed by atoms with Crippen LogP contribution in [0.15, 0.2) is 0 Å². The first kappa shape index (κ1) is 5.85. The maximum Gasteiger partial charge on any atom is 0.0991 e. The van der Waals surface area contributed by atoms with Gasteiger partial charge in [-0.25, -0.2) is 0 Å². The van der Waals surface area contributed by atoms with E-state index in [9.17, 15) is 0 Å². The number of hydrogen-bond acceptors (Lipinski definition) is 3. The van der Waals surface area contributed by atoms with E-state index in [4.69, 9.17) is 0 Å². The molecule has 0 bridgehead atoms. The zero-order valence-corrected chi connectivity index (χ0v) is 6.62. The number of nitrogens with zero attached hydrogens (tertiary/aromatic N) is 2. The second-order valence-electron chi connectivity index (χ2n) is 2.28. The molecule has 0 amide bonds. The van der Waals surface area contributed by atoms with Gasteiger partial charge < -0.3 is 0 Å². The van der Waals surface area contributed by atoms with Crippen molar-refractivity contribution in [3.05, 3.63) is 11.4 Å². The summed E-state index contributed by atoms with van der Waals surface area (Å²) in [4.78, 5) is 0. The Bertz CT molecular complexity index is 324. The maximum atomic E-state index is 4.19. The molecule has 2 aromatic heterocycles. The van der Waals surface area contributed by atoms with Crippen molar-refractivity contribution < 1.29 is 0 Å². The van der Waals surface area contributed by atoms with Crippen LogP contribution in [0.2, 0.25) is 0 Å². The summed E-state index contributed by atoms with van der Waals surface area (Å²) in [7, 11) is 0. The molecule has 0 unspecified atom stereocenters. The predicted octanol–water partition coefficient (Wildman–Crippen LogP) is 1.64. The van der Waals surface area contributed by atoms with E-state index in [2.05, 4.69) is 14.6 Å². The SMILES string of the molecule is Cc1nsc2c(C)n[nH]c12. The molecule has 2 rings (SSSR count). The third kappa shape index (κ3) is 0.593. The quantitative estimate of drug-likeness (QED) is 0.625. The fourth-order valence-electron chi connectivity index (χ4n) is 0.939. The molecule has 4 heteroatoms. The van der Waals surface area contributed by atoms with Gasteiger partial charge in [0.25, 0.3) is 0 Å². The van der Waals surface area contributed by atoms with Gasteiger partial charge >= 0.3 is 0 Å². The number of H-pyrrole nitrogens is 1. The Morgan fingerprint density at radius 3 is 2.80 bits per heavy atom. The monoisotopic (exact) mass is 153 g/mol. The molecule has 0 saturated heterocycles. The summed E-state index contributed by atoms with van der Waals surface area (Å²) in [5.74, 6) is 0. The number of nitrogens with one attached hydrogen (secondary N) is 1. The number of rotatable bonds is 0. The maximum absolute atomic E-state index is 4.19. The van der Waals surface area contributed by atoms with E-state index in [1.165, 1.54) is 16.2 Å². The minimum absolute atomic E-state index is 1.04. The number of aryl methyl sites for hydroxylation is 2. The Morgan fingerprint density at radius 2 is 2.10 bits per heavy atom. The van der Waals surface area contributed by atoms with E-state index in [-0.39, 0.29) is 0 Å². The van der Waals surface area contributed by atoms with Gasteiger partial charge in [0, 0.05) is 0 Å². The molecule has 52 valence electrons. The molecular weight excluding hydrogens is 146 g/mol. The zero-order chi connectivity index (χ0) is 7.14. The van der Waals surface area contributed by atoms with Crippen molar-refractivity contribution in [3.8, 4) is 0 Å². The van der Waals surface area contributed by atoms with Crippen molar-refractivity contribution in [1.29, 1.82) is 0 Å². The van der Waals surface area contributed by atoms with Crippen LogP contribution < -0.4 is 0 Å². The summed E-state index contributed by atoms with van der Waals surface area (Å²) < 4.78 is 5.37. The van der Waals surface area contributed by atoms with Crippen molar-refractivity contribution in [2.24, 2.45) is 0 Å². The second kappa shape index (κ2) is 1.79. The summed E-state index contributed by atoms with van der Waals surface area (Å²) in [6, 6.07) is 0. The summed E-state index contributed by atoms with van der Waals surface area (Å²) >= 11 is 1.50. The minimum atomic E-state index is 1.04. The molecule has 0 radical (unpaired) electrons. The lowest BCUT2D eigenvalue weighted by molar-refractivity contribution is 1.06. The van der Waals surface area contributed by atoms with Gasteiger partial charge in [-0.05, 0) is 25.4 Å². The topological polar surface area (TPSA) is 41.6 Å². The summed E-state index contributed by atoms with van der Waals surface area (Å²) in [6.07, 6.45) is 0. The first-order chi connectivity index (χ1) is 4.79. The van der Waals surface area contributed by atoms with Crippen LogP contribution in [-0.2, 0) is 0 Å². The van der Waals surface area contributed by atoms with Gasteiger partial charge in [0.15, 0.2) is 0 Å². The minimum Gasteiger partial charge on any atom is -0.275 e. The average Bonchev–Trinajstić information content (AvgIpc) is 2.41. The van der Waals surface area contributed by atoms with E-state index in [1.54, 1.807) is 0 Å². The van der Waals surface area contributed by atoms with Crippen LogP contribution >= 0.6 is 11.5 Å². The lowest BCUT2D eigenvalue weighted by atomic mass is 10.4. The molecule has 3 nitrogen and oxygen atoms in total. The second-order valence-corrected chi connectivity index (χ2v) is 3.05. The first-order valence-electron chi connectivity index (χ1n) is 3.06. The molecule has 1 N–H and O–H groups in total. The van der Waals surface area contributed by atoms with Gasteiger partial charge in [-0.2, -0.15) is 9.47 Å². The number of aromatic amines is 1. The van der Waals surface area contributed by atoms with Gasteiger partial charge in [0.2, 0.25) is 0 Å². The summed E-state index contributed by atoms with van der Waals surface area (Å²) in [5, 5.41) is 7.00. The van der Waals surface area contributed by atoms with Crippen LogP contribution in [0.1, 0.15) is 11.4 Å². The molecule has 2 aromatic rings. The predicted molar refractivity (Wildman–Crippen MR) is 41.2 cm³/mol. The van der Waals surface area contributed by atoms with Gasteiger partial charge in [-0.1, -0.05) is 0 Å². The standard InChI is InChI=1S/C6H7N3S/c1-3-5-6(10-9-3)4(2)7-8-5/h1-2H3,(H,7,8). The molecule has 10 heavy (non-hydrogen) atoms.